The minimum atomic E-state index is -3.57. The van der Waals surface area contributed by atoms with Crippen LogP contribution in [0.5, 0.6) is 0 Å². The maximum Gasteiger partial charge on any atom is 0.240 e. The maximum atomic E-state index is 12.5. The van der Waals surface area contributed by atoms with Gasteiger partial charge in [-0.15, -0.1) is 0 Å². The van der Waals surface area contributed by atoms with Gasteiger partial charge in [0.05, 0.1) is 18.0 Å². The lowest BCUT2D eigenvalue weighted by Crippen LogP contribution is -2.48. The Balaban J connectivity index is 1.29. The molecular weight excluding hydrogens is 412 g/mol. The molecule has 4 saturated carbocycles. The van der Waals surface area contributed by atoms with Crippen LogP contribution in [0.4, 0.5) is 5.69 Å². The number of hydrogen-bond acceptors (Lipinski definition) is 4. The third-order valence-electron chi connectivity index (χ3n) is 8.04. The van der Waals surface area contributed by atoms with Gasteiger partial charge in [-0.2, -0.15) is 0 Å². The van der Waals surface area contributed by atoms with Crippen molar-refractivity contribution in [1.29, 1.82) is 0 Å². The molecule has 6 nitrogen and oxygen atoms in total. The Morgan fingerprint density at radius 1 is 1.10 bits per heavy atom. The summed E-state index contributed by atoms with van der Waals surface area (Å²) in [5, 5.41) is 2.83. The monoisotopic (exact) mass is 446 g/mol. The molecule has 1 aliphatic heterocycles. The van der Waals surface area contributed by atoms with Crippen molar-refractivity contribution in [3.8, 4) is 0 Å². The number of nitrogens with one attached hydrogen (secondary N) is 1. The Bertz CT molecular complexity index is 886. The van der Waals surface area contributed by atoms with Gasteiger partial charge in [-0.25, -0.2) is 8.42 Å². The Morgan fingerprint density at radius 2 is 1.71 bits per heavy atom. The molecule has 5 fully saturated rings. The van der Waals surface area contributed by atoms with Crippen molar-refractivity contribution in [2.24, 2.45) is 17.8 Å². The van der Waals surface area contributed by atoms with Gasteiger partial charge in [0.15, 0.2) is 0 Å². The molecule has 1 amide bonds. The van der Waals surface area contributed by atoms with Crippen molar-refractivity contribution in [2.45, 2.75) is 62.9 Å². The lowest BCUT2D eigenvalue weighted by atomic mass is 9.48. The normalized spacial score (nSPS) is 34.1. The number of anilines is 1. The van der Waals surface area contributed by atoms with Gasteiger partial charge < -0.3 is 10.1 Å². The van der Waals surface area contributed by atoms with E-state index in [1.54, 1.807) is 0 Å². The number of rotatable bonds is 7. The second-order valence-corrected chi connectivity index (χ2v) is 12.4. The van der Waals surface area contributed by atoms with Crippen LogP contribution >= 0.6 is 0 Å². The van der Waals surface area contributed by atoms with E-state index in [1.807, 2.05) is 12.1 Å². The van der Waals surface area contributed by atoms with Crippen LogP contribution in [0.15, 0.2) is 24.3 Å². The summed E-state index contributed by atoms with van der Waals surface area (Å²) < 4.78 is 31.6. The number of benzene rings is 1. The SMILES string of the molecule is CS(=O)(=O)N(CC(=O)NC[C@H]1CCCO1)c1ccc(C23CC4CC(CC(C4)C2)C3)cc1. The molecule has 7 heteroatoms. The van der Waals surface area contributed by atoms with E-state index in [4.69, 9.17) is 4.74 Å². The molecule has 0 aromatic heterocycles. The van der Waals surface area contributed by atoms with Crippen molar-refractivity contribution in [1.82, 2.24) is 5.32 Å². The molecule has 0 spiro atoms. The standard InChI is InChI=1S/C24H34N2O4S/c1-31(28,29)26(16-23(27)25-15-22-3-2-8-30-22)21-6-4-20(5-7-21)24-12-17-9-18(13-24)11-19(10-17)14-24/h4-7,17-19,22H,2-3,8-16H2,1H3,(H,25,27)/t17?,18?,19?,22-,24?/m1/s1. The maximum absolute atomic E-state index is 12.5. The van der Waals surface area contributed by atoms with Crippen LogP contribution in [-0.2, 0) is 25.0 Å². The van der Waals surface area contributed by atoms with Crippen LogP contribution in [0.2, 0.25) is 0 Å². The molecule has 6 rings (SSSR count). The van der Waals surface area contributed by atoms with Crippen LogP contribution in [-0.4, -0.2) is 46.4 Å². The number of ether oxygens (including phenoxy) is 1. The fourth-order valence-electron chi connectivity index (χ4n) is 7.06. The van der Waals surface area contributed by atoms with Gasteiger partial charge in [-0.05, 0) is 92.2 Å². The van der Waals surface area contributed by atoms with Crippen LogP contribution in [0.3, 0.4) is 0 Å². The Kier molecular flexibility index (Phi) is 5.53. The average molecular weight is 447 g/mol. The summed E-state index contributed by atoms with van der Waals surface area (Å²) in [7, 11) is -3.57. The van der Waals surface area contributed by atoms with Crippen molar-refractivity contribution >= 4 is 21.6 Å². The smallest absolute Gasteiger partial charge is 0.240 e. The van der Waals surface area contributed by atoms with Gasteiger partial charge in [0.25, 0.3) is 0 Å². The second kappa shape index (κ2) is 8.07. The van der Waals surface area contributed by atoms with E-state index in [0.29, 0.717) is 12.2 Å². The zero-order valence-electron chi connectivity index (χ0n) is 18.4. The third kappa shape index (κ3) is 4.36. The first kappa shape index (κ1) is 21.3. The lowest BCUT2D eigenvalue weighted by molar-refractivity contribution is -0.120. The van der Waals surface area contributed by atoms with Crippen LogP contribution in [0.1, 0.15) is 56.9 Å². The zero-order valence-corrected chi connectivity index (χ0v) is 19.2. The topological polar surface area (TPSA) is 75.7 Å². The number of carbonyl (C=O) groups excluding carboxylic acids is 1. The van der Waals surface area contributed by atoms with Crippen molar-refractivity contribution in [3.05, 3.63) is 29.8 Å². The third-order valence-corrected chi connectivity index (χ3v) is 9.18. The molecule has 1 atom stereocenters. The van der Waals surface area contributed by atoms with Gasteiger partial charge in [-0.1, -0.05) is 12.1 Å². The molecule has 31 heavy (non-hydrogen) atoms. The summed E-state index contributed by atoms with van der Waals surface area (Å²) in [5.74, 6) is 2.30. The van der Waals surface area contributed by atoms with E-state index in [-0.39, 0.29) is 24.0 Å². The van der Waals surface area contributed by atoms with Gasteiger partial charge in [0, 0.05) is 13.2 Å². The molecule has 1 N–H and O–H groups in total. The molecular formula is C24H34N2O4S. The molecule has 4 aliphatic carbocycles. The van der Waals surface area contributed by atoms with Crippen LogP contribution < -0.4 is 9.62 Å². The summed E-state index contributed by atoms with van der Waals surface area (Å²) in [4.78, 5) is 12.5. The highest BCUT2D eigenvalue weighted by atomic mass is 32.2. The molecule has 1 heterocycles. The van der Waals surface area contributed by atoms with E-state index in [9.17, 15) is 13.2 Å². The molecule has 4 bridgehead atoms. The lowest BCUT2D eigenvalue weighted by Gasteiger charge is -2.57. The number of amides is 1. The largest absolute Gasteiger partial charge is 0.376 e. The van der Waals surface area contributed by atoms with Gasteiger partial charge in [0.1, 0.15) is 6.54 Å². The molecule has 1 aromatic carbocycles. The summed E-state index contributed by atoms with van der Waals surface area (Å²) in [6, 6.07) is 8.01. The Labute approximate surface area is 185 Å². The van der Waals surface area contributed by atoms with Gasteiger partial charge >= 0.3 is 0 Å². The highest BCUT2D eigenvalue weighted by Crippen LogP contribution is 2.60. The summed E-state index contributed by atoms with van der Waals surface area (Å²) in [5.41, 5.74) is 2.19. The van der Waals surface area contributed by atoms with Gasteiger partial charge in [-0.3, -0.25) is 9.10 Å². The van der Waals surface area contributed by atoms with E-state index in [0.717, 1.165) is 43.5 Å². The molecule has 0 radical (unpaired) electrons. The fraction of sp³-hybridized carbons (Fsp3) is 0.708. The first-order valence-electron chi connectivity index (χ1n) is 11.8. The number of nitrogens with zero attached hydrogens (tertiary/aromatic N) is 1. The number of sulfonamides is 1. The molecule has 5 aliphatic rings. The van der Waals surface area contributed by atoms with E-state index in [1.165, 1.54) is 48.4 Å². The molecule has 0 unspecified atom stereocenters. The summed E-state index contributed by atoms with van der Waals surface area (Å²) >= 11 is 0. The van der Waals surface area contributed by atoms with E-state index >= 15 is 0 Å². The van der Waals surface area contributed by atoms with E-state index < -0.39 is 10.0 Å². The highest BCUT2D eigenvalue weighted by Gasteiger charge is 2.51. The molecule has 1 aromatic rings. The first-order valence-corrected chi connectivity index (χ1v) is 13.6. The summed E-state index contributed by atoms with van der Waals surface area (Å²) in [6.07, 6.45) is 11.2. The molecule has 170 valence electrons. The minimum Gasteiger partial charge on any atom is -0.376 e. The van der Waals surface area contributed by atoms with Crippen LogP contribution in [0.25, 0.3) is 0 Å². The Hall–Kier alpha value is -1.60. The fourth-order valence-corrected chi connectivity index (χ4v) is 7.92. The quantitative estimate of drug-likeness (QED) is 0.698. The average Bonchev–Trinajstić information content (AvgIpc) is 3.22. The van der Waals surface area contributed by atoms with Crippen LogP contribution in [0, 0.1) is 17.8 Å². The Morgan fingerprint density at radius 3 is 2.23 bits per heavy atom. The number of carbonyl (C=O) groups is 1. The second-order valence-electron chi connectivity index (χ2n) is 10.5. The first-order chi connectivity index (χ1) is 14.8. The number of hydrogen-bond donors (Lipinski definition) is 1. The predicted molar refractivity (Wildman–Crippen MR) is 120 cm³/mol. The minimum absolute atomic E-state index is 0.0372. The molecule has 1 saturated heterocycles. The summed E-state index contributed by atoms with van der Waals surface area (Å²) in [6.45, 7) is 0.954. The highest BCUT2D eigenvalue weighted by molar-refractivity contribution is 7.92. The predicted octanol–water partition coefficient (Wildman–Crippen LogP) is 3.22. The van der Waals surface area contributed by atoms with Crippen molar-refractivity contribution in [2.75, 3.05) is 30.3 Å². The van der Waals surface area contributed by atoms with E-state index in [2.05, 4.69) is 17.4 Å². The zero-order chi connectivity index (χ0) is 21.6. The van der Waals surface area contributed by atoms with Crippen molar-refractivity contribution in [3.63, 3.8) is 0 Å². The van der Waals surface area contributed by atoms with Gasteiger partial charge in [0.2, 0.25) is 15.9 Å². The van der Waals surface area contributed by atoms with Crippen molar-refractivity contribution < 1.29 is 17.9 Å².